The van der Waals surface area contributed by atoms with Gasteiger partial charge in [0.1, 0.15) is 17.1 Å². The summed E-state index contributed by atoms with van der Waals surface area (Å²) in [5.41, 5.74) is 8.01. The second-order valence-corrected chi connectivity index (χ2v) is 7.36. The highest BCUT2D eigenvalue weighted by molar-refractivity contribution is 8.04. The molecule has 2 aromatic carbocycles. The van der Waals surface area contributed by atoms with Gasteiger partial charge in [-0.1, -0.05) is 60.3 Å². The number of hydrogen-bond acceptors (Lipinski definition) is 5. The maximum atomic E-state index is 12.9. The van der Waals surface area contributed by atoms with Crippen molar-refractivity contribution < 1.29 is 4.79 Å². The van der Waals surface area contributed by atoms with E-state index in [-0.39, 0.29) is 17.2 Å². The molecule has 1 unspecified atom stereocenters. The first kappa shape index (κ1) is 18.1. The largest absolute Gasteiger partial charge is 0.384 e. The van der Waals surface area contributed by atoms with Crippen LogP contribution in [0, 0.1) is 11.3 Å². The van der Waals surface area contributed by atoms with Crippen molar-refractivity contribution in [3.63, 3.8) is 0 Å². The van der Waals surface area contributed by atoms with Crippen LogP contribution in [0.4, 0.5) is 0 Å². The molecule has 1 heterocycles. The van der Waals surface area contributed by atoms with Gasteiger partial charge in [-0.3, -0.25) is 4.79 Å². The topological polar surface area (TPSA) is 70.1 Å². The molecule has 4 nitrogen and oxygen atoms in total. The van der Waals surface area contributed by atoms with Crippen LogP contribution < -0.4 is 5.73 Å². The third-order valence-electron chi connectivity index (χ3n) is 4.05. The zero-order valence-corrected chi connectivity index (χ0v) is 15.4. The van der Waals surface area contributed by atoms with Crippen LogP contribution in [0.3, 0.4) is 0 Å². The molecule has 0 fully saturated rings. The fraction of sp³-hybridized carbons (Fsp3) is 0.100. The Bertz CT molecular complexity index is 916. The molecule has 0 aliphatic carbocycles. The number of benzene rings is 2. The Balaban J connectivity index is 1.92. The number of hydrogen-bond donors (Lipinski definition) is 1. The molecule has 26 heavy (non-hydrogen) atoms. The molecule has 0 saturated heterocycles. The quantitative estimate of drug-likeness (QED) is 0.799. The molecule has 1 atom stereocenters. The summed E-state index contributed by atoms with van der Waals surface area (Å²) in [6, 6.07) is 18.5. The summed E-state index contributed by atoms with van der Waals surface area (Å²) in [6.45, 7) is 4.53. The zero-order valence-electron chi connectivity index (χ0n) is 13.9. The Kier molecular flexibility index (Phi) is 5.36. The normalized spacial score (nSPS) is 17.2. The summed E-state index contributed by atoms with van der Waals surface area (Å²) in [7, 11) is 0. The molecule has 1 aliphatic rings. The van der Waals surface area contributed by atoms with E-state index in [2.05, 4.69) is 12.6 Å². The minimum Gasteiger partial charge on any atom is -0.384 e. The van der Waals surface area contributed by atoms with Crippen LogP contribution in [0.5, 0.6) is 0 Å². The van der Waals surface area contributed by atoms with Crippen molar-refractivity contribution >= 4 is 29.1 Å². The van der Waals surface area contributed by atoms with Gasteiger partial charge in [0.2, 0.25) is 0 Å². The second kappa shape index (κ2) is 7.69. The molecule has 0 aromatic heterocycles. The molecule has 0 bridgehead atoms. The van der Waals surface area contributed by atoms with Gasteiger partial charge in [0, 0.05) is 17.1 Å². The van der Waals surface area contributed by atoms with Gasteiger partial charge in [-0.05, 0) is 29.8 Å². The van der Waals surface area contributed by atoms with Crippen molar-refractivity contribution in [2.24, 2.45) is 5.73 Å². The fourth-order valence-corrected chi connectivity index (χ4v) is 3.90. The summed E-state index contributed by atoms with van der Waals surface area (Å²) in [4.78, 5) is 14.6. The first-order valence-corrected chi connectivity index (χ1v) is 9.13. The van der Waals surface area contributed by atoms with Crippen molar-refractivity contribution in [2.45, 2.75) is 11.8 Å². The van der Waals surface area contributed by atoms with Crippen LogP contribution in [0.1, 0.15) is 15.9 Å². The van der Waals surface area contributed by atoms with Gasteiger partial charge in [-0.2, -0.15) is 5.26 Å². The van der Waals surface area contributed by atoms with Gasteiger partial charge in [-0.15, -0.1) is 0 Å². The van der Waals surface area contributed by atoms with E-state index in [1.54, 1.807) is 29.2 Å². The third-order valence-corrected chi connectivity index (χ3v) is 5.48. The van der Waals surface area contributed by atoms with E-state index in [0.29, 0.717) is 22.2 Å². The van der Waals surface area contributed by atoms with E-state index in [0.717, 1.165) is 5.56 Å². The SMILES string of the molecule is C=C1SC(C(=O)c2ccc(Cl)cc2)C(C#N)=C(N)N1Cc1ccccc1. The van der Waals surface area contributed by atoms with Gasteiger partial charge in [0.25, 0.3) is 0 Å². The fourth-order valence-electron chi connectivity index (χ4n) is 2.68. The molecule has 3 rings (SSSR count). The van der Waals surface area contributed by atoms with E-state index in [9.17, 15) is 10.1 Å². The molecule has 0 amide bonds. The molecule has 2 aromatic rings. The molecule has 0 saturated carbocycles. The van der Waals surface area contributed by atoms with E-state index in [4.69, 9.17) is 17.3 Å². The smallest absolute Gasteiger partial charge is 0.181 e. The average Bonchev–Trinajstić information content (AvgIpc) is 2.65. The summed E-state index contributed by atoms with van der Waals surface area (Å²) >= 11 is 7.13. The Morgan fingerprint density at radius 3 is 2.50 bits per heavy atom. The average molecular weight is 382 g/mol. The summed E-state index contributed by atoms with van der Waals surface area (Å²) < 4.78 is 0. The Hall–Kier alpha value is -2.68. The molecule has 1 aliphatic heterocycles. The number of rotatable bonds is 4. The van der Waals surface area contributed by atoms with Crippen LogP contribution in [-0.2, 0) is 6.54 Å². The molecule has 0 radical (unpaired) electrons. The lowest BCUT2D eigenvalue weighted by Gasteiger charge is -2.34. The zero-order chi connectivity index (χ0) is 18.7. The second-order valence-electron chi connectivity index (χ2n) is 5.75. The number of halogens is 1. The summed E-state index contributed by atoms with van der Waals surface area (Å²) in [5.74, 6) is 0.0825. The van der Waals surface area contributed by atoms with Gasteiger partial charge in [0.15, 0.2) is 5.78 Å². The minimum atomic E-state index is -0.708. The van der Waals surface area contributed by atoms with E-state index < -0.39 is 5.25 Å². The minimum absolute atomic E-state index is 0.188. The lowest BCUT2D eigenvalue weighted by atomic mass is 10.0. The van der Waals surface area contributed by atoms with Crippen LogP contribution in [0.2, 0.25) is 5.02 Å². The maximum Gasteiger partial charge on any atom is 0.181 e. The lowest BCUT2D eigenvalue weighted by Crippen LogP contribution is -2.36. The van der Waals surface area contributed by atoms with Crippen molar-refractivity contribution in [3.05, 3.63) is 93.7 Å². The van der Waals surface area contributed by atoms with Crippen molar-refractivity contribution in [2.75, 3.05) is 0 Å². The highest BCUT2D eigenvalue weighted by atomic mass is 35.5. The molecular formula is C20H16ClN3OS. The van der Waals surface area contributed by atoms with Crippen molar-refractivity contribution in [1.29, 1.82) is 5.26 Å². The summed E-state index contributed by atoms with van der Waals surface area (Å²) in [6.07, 6.45) is 0. The maximum absolute atomic E-state index is 12.9. The highest BCUT2D eigenvalue weighted by Crippen LogP contribution is 2.39. The Morgan fingerprint density at radius 2 is 1.88 bits per heavy atom. The van der Waals surface area contributed by atoms with Crippen LogP contribution in [0.15, 0.2) is 77.6 Å². The monoisotopic (exact) mass is 381 g/mol. The first-order chi connectivity index (χ1) is 12.5. The van der Waals surface area contributed by atoms with Crippen molar-refractivity contribution in [3.8, 4) is 6.07 Å². The van der Waals surface area contributed by atoms with Gasteiger partial charge < -0.3 is 10.6 Å². The Labute approximate surface area is 161 Å². The number of Topliss-reactive ketones (excluding diaryl/α,β-unsaturated/α-hetero) is 1. The lowest BCUT2D eigenvalue weighted by molar-refractivity contribution is 0.0997. The predicted octanol–water partition coefficient (Wildman–Crippen LogP) is 4.31. The summed E-state index contributed by atoms with van der Waals surface area (Å²) in [5, 5.41) is 10.1. The van der Waals surface area contributed by atoms with E-state index in [1.807, 2.05) is 30.3 Å². The standard InChI is InChI=1S/C20H16ClN3OS/c1-13-24(12-14-5-3-2-4-6-14)20(23)17(11-22)19(26-13)18(25)15-7-9-16(21)10-8-15/h2-10,19H,1,12,23H2. The van der Waals surface area contributed by atoms with Crippen LogP contribution in [-0.4, -0.2) is 15.9 Å². The predicted molar refractivity (Wildman–Crippen MR) is 105 cm³/mol. The Morgan fingerprint density at radius 1 is 1.23 bits per heavy atom. The molecule has 6 heteroatoms. The van der Waals surface area contributed by atoms with Gasteiger partial charge in [-0.25, -0.2) is 0 Å². The number of nitrogens with two attached hydrogens (primary N) is 1. The van der Waals surface area contributed by atoms with Crippen LogP contribution in [0.25, 0.3) is 0 Å². The van der Waals surface area contributed by atoms with Gasteiger partial charge in [0.05, 0.1) is 10.6 Å². The van der Waals surface area contributed by atoms with Crippen LogP contribution >= 0.6 is 23.4 Å². The molecule has 2 N–H and O–H groups in total. The van der Waals surface area contributed by atoms with E-state index >= 15 is 0 Å². The number of nitriles is 1. The molecule has 130 valence electrons. The molecule has 0 spiro atoms. The molecular weight excluding hydrogens is 366 g/mol. The number of thioether (sulfide) groups is 1. The number of nitrogens with zero attached hydrogens (tertiary/aromatic N) is 2. The number of carbonyl (C=O) groups is 1. The number of carbonyl (C=O) groups excluding carboxylic acids is 1. The van der Waals surface area contributed by atoms with Crippen molar-refractivity contribution in [1.82, 2.24) is 4.90 Å². The first-order valence-electron chi connectivity index (χ1n) is 7.88. The van der Waals surface area contributed by atoms with E-state index in [1.165, 1.54) is 11.8 Å². The highest BCUT2D eigenvalue weighted by Gasteiger charge is 2.35. The number of ketones is 1. The van der Waals surface area contributed by atoms with Gasteiger partial charge >= 0.3 is 0 Å². The third kappa shape index (κ3) is 3.62.